The molecule has 0 radical (unpaired) electrons. The Balaban J connectivity index is 2.17. The van der Waals surface area contributed by atoms with Gasteiger partial charge in [0.15, 0.2) is 6.23 Å². The van der Waals surface area contributed by atoms with Gasteiger partial charge in [-0.1, -0.05) is 0 Å². The van der Waals surface area contributed by atoms with E-state index in [1.165, 1.54) is 0 Å². The molecule has 0 aromatic carbocycles. The minimum Gasteiger partial charge on any atom is -0.394 e. The zero-order valence-electron chi connectivity index (χ0n) is 11.1. The number of ether oxygens (including phenoxy) is 1. The number of hydrogen-bond donors (Lipinski definition) is 6. The summed E-state index contributed by atoms with van der Waals surface area (Å²) in [7, 11) is -5.07. The van der Waals surface area contributed by atoms with E-state index in [2.05, 4.69) is 4.62 Å². The number of carbonyl (C=O) groups is 1. The van der Waals surface area contributed by atoms with Crippen LogP contribution in [0.4, 0.5) is 4.79 Å². The highest BCUT2D eigenvalue weighted by Crippen LogP contribution is 2.39. The molecule has 0 spiro atoms. The van der Waals surface area contributed by atoms with E-state index in [1.807, 2.05) is 0 Å². The first kappa shape index (κ1) is 17.2. The van der Waals surface area contributed by atoms with Gasteiger partial charge in [0.05, 0.1) is 6.61 Å². The van der Waals surface area contributed by atoms with Crippen molar-refractivity contribution >= 4 is 19.7 Å². The van der Waals surface area contributed by atoms with Crippen LogP contribution in [0.25, 0.3) is 0 Å². The highest BCUT2D eigenvalue weighted by molar-refractivity contribution is 7.46. The van der Waals surface area contributed by atoms with E-state index in [9.17, 15) is 19.6 Å². The average molecular weight is 341 g/mol. The molecule has 0 unspecified atom stereocenters. The number of rotatable bonds is 4. The lowest BCUT2D eigenvalue weighted by Crippen LogP contribution is -2.57. The summed E-state index contributed by atoms with van der Waals surface area (Å²) >= 11 is 0. The minimum absolute atomic E-state index is 0.0920. The Morgan fingerprint density at radius 1 is 1.36 bits per heavy atom. The van der Waals surface area contributed by atoms with Crippen molar-refractivity contribution in [1.29, 1.82) is 5.41 Å². The number of nitrogens with one attached hydrogen (secondary N) is 1. The van der Waals surface area contributed by atoms with Crippen molar-refractivity contribution in [1.82, 2.24) is 9.96 Å². The second kappa shape index (κ2) is 6.18. The summed E-state index contributed by atoms with van der Waals surface area (Å²) < 4.78 is 20.2. The molecule has 22 heavy (non-hydrogen) atoms. The molecular weight excluding hydrogens is 325 g/mol. The van der Waals surface area contributed by atoms with Gasteiger partial charge in [0.2, 0.25) is 0 Å². The van der Waals surface area contributed by atoms with Crippen molar-refractivity contribution < 1.29 is 43.8 Å². The summed E-state index contributed by atoms with van der Waals surface area (Å²) in [6.45, 7) is -0.680. The summed E-state index contributed by atoms with van der Waals surface area (Å²) in [6, 6.07) is -1.13. The highest BCUT2D eigenvalue weighted by atomic mass is 31.2. The number of amides is 2. The van der Waals surface area contributed by atoms with Crippen molar-refractivity contribution in [2.45, 2.75) is 31.0 Å². The molecule has 0 bridgehead atoms. The first-order valence-electron chi connectivity index (χ1n) is 6.21. The molecule has 6 N–H and O–H groups in total. The van der Waals surface area contributed by atoms with Gasteiger partial charge in [-0.2, -0.15) is 4.62 Å². The molecule has 2 heterocycles. The molecular formula is C9H16N3O9P. The SMILES string of the molecule is N=C1CCN([C@@H]2O[C@H](CO)[C@@H](O)[C@H]2O)C(=O)N1OP(=O)(O)O. The summed E-state index contributed by atoms with van der Waals surface area (Å²) in [5.74, 6) is -0.476. The molecule has 2 amide bonds. The van der Waals surface area contributed by atoms with E-state index in [0.717, 1.165) is 4.90 Å². The maximum absolute atomic E-state index is 12.2. The number of aliphatic hydroxyl groups excluding tert-OH is 3. The molecule has 2 saturated heterocycles. The number of hydroxylamine groups is 2. The van der Waals surface area contributed by atoms with E-state index in [0.29, 0.717) is 0 Å². The predicted octanol–water partition coefficient (Wildman–Crippen LogP) is -2.45. The molecule has 12 nitrogen and oxygen atoms in total. The molecule has 2 rings (SSSR count). The van der Waals surface area contributed by atoms with Crippen LogP contribution in [0, 0.1) is 5.41 Å². The molecule has 0 aromatic heterocycles. The van der Waals surface area contributed by atoms with Crippen LogP contribution in [-0.2, 0) is 13.9 Å². The molecule has 0 aromatic rings. The largest absolute Gasteiger partial charge is 0.491 e. The molecule has 0 aliphatic carbocycles. The Morgan fingerprint density at radius 3 is 2.50 bits per heavy atom. The number of urea groups is 1. The van der Waals surface area contributed by atoms with Crippen molar-refractivity contribution in [3.8, 4) is 0 Å². The Hall–Kier alpha value is -1.11. The maximum Gasteiger partial charge on any atom is 0.491 e. The lowest BCUT2D eigenvalue weighted by Gasteiger charge is -2.38. The Bertz CT molecular complexity index is 511. The summed E-state index contributed by atoms with van der Waals surface area (Å²) in [6.07, 6.45) is -5.51. The molecule has 126 valence electrons. The fourth-order valence-electron chi connectivity index (χ4n) is 2.22. The third-order valence-electron chi connectivity index (χ3n) is 3.27. The van der Waals surface area contributed by atoms with Crippen LogP contribution in [0.3, 0.4) is 0 Å². The normalized spacial score (nSPS) is 33.7. The first-order valence-corrected chi connectivity index (χ1v) is 7.74. The van der Waals surface area contributed by atoms with E-state index >= 15 is 0 Å². The Morgan fingerprint density at radius 2 is 2.00 bits per heavy atom. The number of amidine groups is 1. The quantitative estimate of drug-likeness (QED) is 0.302. The van der Waals surface area contributed by atoms with Gasteiger partial charge in [0.25, 0.3) is 0 Å². The number of hydrogen-bond acceptors (Lipinski definition) is 8. The zero-order valence-corrected chi connectivity index (χ0v) is 12.0. The highest BCUT2D eigenvalue weighted by Gasteiger charge is 2.49. The monoisotopic (exact) mass is 341 g/mol. The molecule has 0 saturated carbocycles. The van der Waals surface area contributed by atoms with Crippen molar-refractivity contribution in [2.24, 2.45) is 0 Å². The van der Waals surface area contributed by atoms with Crippen LogP contribution in [0.15, 0.2) is 0 Å². The van der Waals surface area contributed by atoms with Gasteiger partial charge in [-0.3, -0.25) is 10.3 Å². The summed E-state index contributed by atoms with van der Waals surface area (Å²) in [5.41, 5.74) is 0. The van der Waals surface area contributed by atoms with Crippen molar-refractivity contribution in [3.63, 3.8) is 0 Å². The molecule has 13 heteroatoms. The molecule has 4 atom stereocenters. The van der Waals surface area contributed by atoms with Gasteiger partial charge >= 0.3 is 13.9 Å². The molecule has 2 aliphatic rings. The summed E-state index contributed by atoms with van der Waals surface area (Å²) in [5, 5.41) is 36.2. The summed E-state index contributed by atoms with van der Waals surface area (Å²) in [4.78, 5) is 30.5. The fraction of sp³-hybridized carbons (Fsp3) is 0.778. The maximum atomic E-state index is 12.2. The number of aliphatic hydroxyl groups is 3. The van der Waals surface area contributed by atoms with E-state index in [-0.39, 0.29) is 18.0 Å². The third kappa shape index (κ3) is 3.29. The van der Waals surface area contributed by atoms with Crippen molar-refractivity contribution in [2.75, 3.05) is 13.2 Å². The molecule has 2 fully saturated rings. The number of phosphoric acid groups is 1. The van der Waals surface area contributed by atoms with Gasteiger partial charge < -0.3 is 29.8 Å². The second-order valence-corrected chi connectivity index (χ2v) is 5.91. The van der Waals surface area contributed by atoms with Crippen LogP contribution < -0.4 is 0 Å². The lowest BCUT2D eigenvalue weighted by molar-refractivity contribution is -0.0993. The lowest BCUT2D eigenvalue weighted by atomic mass is 10.1. The van der Waals surface area contributed by atoms with Crippen LogP contribution in [-0.4, -0.2) is 84.6 Å². The third-order valence-corrected chi connectivity index (χ3v) is 3.64. The van der Waals surface area contributed by atoms with Gasteiger partial charge in [-0.15, -0.1) is 5.06 Å². The first-order chi connectivity index (χ1) is 10.2. The van der Waals surface area contributed by atoms with Crippen LogP contribution in [0.2, 0.25) is 0 Å². The van der Waals surface area contributed by atoms with E-state index in [1.54, 1.807) is 0 Å². The van der Waals surface area contributed by atoms with Crippen LogP contribution in [0.1, 0.15) is 6.42 Å². The molecule has 2 aliphatic heterocycles. The van der Waals surface area contributed by atoms with E-state index in [4.69, 9.17) is 25.0 Å². The number of nitrogens with zero attached hydrogens (tertiary/aromatic N) is 2. The van der Waals surface area contributed by atoms with Gasteiger partial charge in [-0.05, 0) is 0 Å². The average Bonchev–Trinajstić information content (AvgIpc) is 2.70. The zero-order chi connectivity index (χ0) is 16.7. The van der Waals surface area contributed by atoms with Gasteiger partial charge in [0, 0.05) is 13.0 Å². The van der Waals surface area contributed by atoms with Gasteiger partial charge in [0.1, 0.15) is 24.1 Å². The Labute approximate surface area is 124 Å². The predicted molar refractivity (Wildman–Crippen MR) is 67.2 cm³/mol. The number of carbonyl (C=O) groups excluding carboxylic acids is 1. The minimum atomic E-state index is -5.07. The van der Waals surface area contributed by atoms with Crippen LogP contribution in [0.5, 0.6) is 0 Å². The topological polar surface area (TPSA) is 184 Å². The van der Waals surface area contributed by atoms with Crippen LogP contribution >= 0.6 is 7.82 Å². The second-order valence-electron chi connectivity index (χ2n) is 4.77. The van der Waals surface area contributed by atoms with Crippen molar-refractivity contribution in [3.05, 3.63) is 0 Å². The van der Waals surface area contributed by atoms with E-state index < -0.39 is 50.8 Å². The fourth-order valence-corrected chi connectivity index (χ4v) is 2.60. The smallest absolute Gasteiger partial charge is 0.394 e. The van der Waals surface area contributed by atoms with Gasteiger partial charge in [-0.25, -0.2) is 9.36 Å². The standard InChI is InChI=1S/C9H16N3O9P/c10-5-1-2-11(9(16)12(5)21-22(17,18)19)8-7(15)6(14)4(3-13)20-8/h4,6-8,10,13-15H,1-3H2,(H2,17,18,19)/t4-,6-,7-,8-/m1/s1. The Kier molecular flexibility index (Phi) is 4.84.